The summed E-state index contributed by atoms with van der Waals surface area (Å²) in [5, 5.41) is 5.46. The van der Waals surface area contributed by atoms with Crippen molar-refractivity contribution < 1.29 is 9.59 Å². The van der Waals surface area contributed by atoms with E-state index in [9.17, 15) is 9.59 Å². The van der Waals surface area contributed by atoms with Gasteiger partial charge in [0.25, 0.3) is 0 Å². The minimum atomic E-state index is -0.0814. The topological polar surface area (TPSA) is 87.5 Å². The third-order valence-corrected chi connectivity index (χ3v) is 3.61. The molecule has 1 fully saturated rings. The summed E-state index contributed by atoms with van der Waals surface area (Å²) in [5.41, 5.74) is 5.77. The summed E-state index contributed by atoms with van der Waals surface area (Å²) in [6.07, 6.45) is 3.37. The molecule has 0 aromatic heterocycles. The third-order valence-electron chi connectivity index (χ3n) is 3.61. The molecule has 0 saturated carbocycles. The minimum absolute atomic E-state index is 0.00227. The van der Waals surface area contributed by atoms with Gasteiger partial charge in [0.05, 0.1) is 6.54 Å². The van der Waals surface area contributed by atoms with E-state index >= 15 is 0 Å². The summed E-state index contributed by atoms with van der Waals surface area (Å²) >= 11 is 0. The van der Waals surface area contributed by atoms with E-state index in [1.807, 2.05) is 0 Å². The monoisotopic (exact) mass is 270 g/mol. The maximum Gasteiger partial charge on any atom is 0.234 e. The molecule has 1 aliphatic rings. The molecule has 1 rings (SSSR count). The quantitative estimate of drug-likeness (QED) is 0.565. The largest absolute Gasteiger partial charge is 0.355 e. The van der Waals surface area contributed by atoms with Gasteiger partial charge in [-0.3, -0.25) is 14.5 Å². The number of carbonyl (C=O) groups is 2. The average molecular weight is 270 g/mol. The second kappa shape index (κ2) is 8.12. The Morgan fingerprint density at radius 1 is 1.26 bits per heavy atom. The zero-order valence-electron chi connectivity index (χ0n) is 11.9. The van der Waals surface area contributed by atoms with Gasteiger partial charge >= 0.3 is 0 Å². The van der Waals surface area contributed by atoms with Gasteiger partial charge in [-0.1, -0.05) is 6.42 Å². The molecule has 6 nitrogen and oxygen atoms in total. The van der Waals surface area contributed by atoms with E-state index in [0.29, 0.717) is 38.3 Å². The van der Waals surface area contributed by atoms with Gasteiger partial charge in [-0.05, 0) is 19.8 Å². The molecule has 0 spiro atoms. The van der Waals surface area contributed by atoms with E-state index in [0.717, 1.165) is 12.8 Å². The highest BCUT2D eigenvalue weighted by Gasteiger charge is 2.28. The van der Waals surface area contributed by atoms with Gasteiger partial charge in [-0.25, -0.2) is 0 Å². The first-order chi connectivity index (χ1) is 9.04. The number of nitrogens with zero attached hydrogens (tertiary/aromatic N) is 1. The number of likely N-dealkylation sites (tertiary alicyclic amines) is 1. The maximum absolute atomic E-state index is 11.9. The summed E-state index contributed by atoms with van der Waals surface area (Å²) < 4.78 is 0. The molecule has 0 bridgehead atoms. The van der Waals surface area contributed by atoms with E-state index < -0.39 is 0 Å². The van der Waals surface area contributed by atoms with Crippen LogP contribution in [0.1, 0.15) is 33.1 Å². The Morgan fingerprint density at radius 3 is 2.58 bits per heavy atom. The normalized spacial score (nSPS) is 23.9. The molecule has 0 aromatic carbocycles. The molecule has 1 heterocycles. The van der Waals surface area contributed by atoms with E-state index in [1.165, 1.54) is 13.3 Å². The minimum Gasteiger partial charge on any atom is -0.355 e. The first kappa shape index (κ1) is 15.9. The molecule has 4 N–H and O–H groups in total. The fourth-order valence-corrected chi connectivity index (χ4v) is 2.54. The Morgan fingerprint density at radius 2 is 1.95 bits per heavy atom. The van der Waals surface area contributed by atoms with Crippen molar-refractivity contribution in [2.75, 3.05) is 26.2 Å². The van der Waals surface area contributed by atoms with Gasteiger partial charge in [0.1, 0.15) is 0 Å². The first-order valence-corrected chi connectivity index (χ1v) is 7.01. The number of amides is 2. The van der Waals surface area contributed by atoms with E-state index in [-0.39, 0.29) is 11.8 Å². The fraction of sp³-hybridized carbons (Fsp3) is 0.846. The Bertz CT molecular complexity index is 309. The van der Waals surface area contributed by atoms with Gasteiger partial charge in [0.2, 0.25) is 11.8 Å². The van der Waals surface area contributed by atoms with Gasteiger partial charge in [-0.2, -0.15) is 0 Å². The molecule has 2 atom stereocenters. The number of nitrogens with one attached hydrogen (secondary N) is 2. The predicted octanol–water partition coefficient (Wildman–Crippen LogP) is -0.560. The maximum atomic E-state index is 11.9. The fourth-order valence-electron chi connectivity index (χ4n) is 2.54. The van der Waals surface area contributed by atoms with Crippen molar-refractivity contribution in [2.45, 2.75) is 45.2 Å². The number of hydrogen-bond acceptors (Lipinski definition) is 4. The Hall–Kier alpha value is -1.14. The molecule has 0 aliphatic carbocycles. The molecular weight excluding hydrogens is 244 g/mol. The van der Waals surface area contributed by atoms with Gasteiger partial charge < -0.3 is 16.4 Å². The SMILES string of the molecule is CC(=O)NCCNC(=O)CN1C(C)CCCC1CN. The number of nitrogens with two attached hydrogens (primary N) is 1. The molecule has 0 aromatic rings. The van der Waals surface area contributed by atoms with Crippen LogP contribution in [0.3, 0.4) is 0 Å². The van der Waals surface area contributed by atoms with Crippen LogP contribution in [0.5, 0.6) is 0 Å². The van der Waals surface area contributed by atoms with Crippen molar-refractivity contribution in [1.29, 1.82) is 0 Å². The first-order valence-electron chi connectivity index (χ1n) is 7.01. The standard InChI is InChI=1S/C13H26N4O2/c1-10-4-3-5-12(8-14)17(10)9-13(19)16-7-6-15-11(2)18/h10,12H,3-9,14H2,1-2H3,(H,15,18)(H,16,19). The summed E-state index contributed by atoms with van der Waals surface area (Å²) in [6, 6.07) is 0.716. The van der Waals surface area contributed by atoms with Crippen LogP contribution in [-0.4, -0.2) is 55.0 Å². The number of hydrogen-bond donors (Lipinski definition) is 3. The van der Waals surface area contributed by atoms with E-state index in [4.69, 9.17) is 5.73 Å². The lowest BCUT2D eigenvalue weighted by Gasteiger charge is -2.39. The predicted molar refractivity (Wildman–Crippen MR) is 74.6 cm³/mol. The molecule has 6 heteroatoms. The van der Waals surface area contributed by atoms with Gasteiger partial charge in [-0.15, -0.1) is 0 Å². The second-order valence-electron chi connectivity index (χ2n) is 5.17. The zero-order valence-corrected chi connectivity index (χ0v) is 11.9. The zero-order chi connectivity index (χ0) is 14.3. The van der Waals surface area contributed by atoms with Crippen molar-refractivity contribution in [3.63, 3.8) is 0 Å². The Balaban J connectivity index is 2.30. The molecule has 2 amide bonds. The molecule has 1 aliphatic heterocycles. The molecular formula is C13H26N4O2. The van der Waals surface area contributed by atoms with E-state index in [1.54, 1.807) is 0 Å². The van der Waals surface area contributed by atoms with Crippen molar-refractivity contribution in [3.8, 4) is 0 Å². The summed E-state index contributed by atoms with van der Waals surface area (Å²) in [7, 11) is 0. The Kier molecular flexibility index (Phi) is 6.80. The average Bonchev–Trinajstić information content (AvgIpc) is 2.37. The van der Waals surface area contributed by atoms with Crippen LogP contribution < -0.4 is 16.4 Å². The highest BCUT2D eigenvalue weighted by Crippen LogP contribution is 2.21. The molecule has 19 heavy (non-hydrogen) atoms. The number of rotatable bonds is 6. The number of piperidine rings is 1. The van der Waals surface area contributed by atoms with Gasteiger partial charge in [0, 0.05) is 38.6 Å². The van der Waals surface area contributed by atoms with Crippen molar-refractivity contribution in [2.24, 2.45) is 5.73 Å². The molecule has 1 saturated heterocycles. The molecule has 0 radical (unpaired) electrons. The lowest BCUT2D eigenvalue weighted by atomic mass is 9.96. The number of carbonyl (C=O) groups excluding carboxylic acids is 2. The molecule has 110 valence electrons. The Labute approximate surface area is 115 Å². The van der Waals surface area contributed by atoms with Crippen LogP contribution in [0, 0.1) is 0 Å². The van der Waals surface area contributed by atoms with Crippen molar-refractivity contribution >= 4 is 11.8 Å². The van der Waals surface area contributed by atoms with Crippen LogP contribution in [0.2, 0.25) is 0 Å². The smallest absolute Gasteiger partial charge is 0.234 e. The molecule has 2 unspecified atom stereocenters. The van der Waals surface area contributed by atoms with Crippen LogP contribution in [-0.2, 0) is 9.59 Å². The van der Waals surface area contributed by atoms with E-state index in [2.05, 4.69) is 22.5 Å². The summed E-state index contributed by atoms with van der Waals surface area (Å²) in [6.45, 7) is 5.53. The highest BCUT2D eigenvalue weighted by atomic mass is 16.2. The highest BCUT2D eigenvalue weighted by molar-refractivity contribution is 5.78. The second-order valence-corrected chi connectivity index (χ2v) is 5.17. The summed E-state index contributed by atoms with van der Waals surface area (Å²) in [4.78, 5) is 24.7. The van der Waals surface area contributed by atoms with Crippen LogP contribution in [0.15, 0.2) is 0 Å². The van der Waals surface area contributed by atoms with Crippen LogP contribution in [0.25, 0.3) is 0 Å². The lowest BCUT2D eigenvalue weighted by molar-refractivity contribution is -0.124. The van der Waals surface area contributed by atoms with Crippen LogP contribution >= 0.6 is 0 Å². The van der Waals surface area contributed by atoms with Crippen LogP contribution in [0.4, 0.5) is 0 Å². The lowest BCUT2D eigenvalue weighted by Crippen LogP contribution is -2.52. The third kappa shape index (κ3) is 5.57. The van der Waals surface area contributed by atoms with Crippen molar-refractivity contribution in [3.05, 3.63) is 0 Å². The summed E-state index contributed by atoms with van der Waals surface area (Å²) in [5.74, 6) is -0.0837. The van der Waals surface area contributed by atoms with Gasteiger partial charge in [0.15, 0.2) is 0 Å². The van der Waals surface area contributed by atoms with Crippen molar-refractivity contribution in [1.82, 2.24) is 15.5 Å².